The van der Waals surface area contributed by atoms with Crippen LogP contribution in [0, 0.1) is 11.3 Å². The Morgan fingerprint density at radius 2 is 2.15 bits per heavy atom. The molecular weight excluding hydrogens is 186 g/mol. The standard InChI is InChI=1S/C9H19NO2S/c1-7(4-10)5-13-6-9(2,3)8(11)12/h7H,4-6,10H2,1-3H3,(H,11,12). The van der Waals surface area contributed by atoms with Crippen LogP contribution in [0.1, 0.15) is 20.8 Å². The average Bonchev–Trinajstić information content (AvgIpc) is 2.03. The summed E-state index contributed by atoms with van der Waals surface area (Å²) < 4.78 is 0. The molecule has 0 bridgehead atoms. The van der Waals surface area contributed by atoms with Crippen LogP contribution in [0.15, 0.2) is 0 Å². The summed E-state index contributed by atoms with van der Waals surface area (Å²) in [6.45, 7) is 6.23. The zero-order valence-corrected chi connectivity index (χ0v) is 9.36. The fourth-order valence-corrected chi connectivity index (χ4v) is 1.94. The van der Waals surface area contributed by atoms with Crippen LogP contribution in [0.5, 0.6) is 0 Å². The topological polar surface area (TPSA) is 63.3 Å². The van der Waals surface area contributed by atoms with Crippen LogP contribution in [-0.2, 0) is 4.79 Å². The second-order valence-electron chi connectivity index (χ2n) is 4.05. The van der Waals surface area contributed by atoms with Gasteiger partial charge in [-0.15, -0.1) is 0 Å². The first kappa shape index (κ1) is 12.8. The highest BCUT2D eigenvalue weighted by atomic mass is 32.2. The lowest BCUT2D eigenvalue weighted by molar-refractivity contribution is -0.145. The molecule has 0 fully saturated rings. The van der Waals surface area contributed by atoms with Gasteiger partial charge >= 0.3 is 5.97 Å². The Kier molecular flexibility index (Phi) is 5.40. The first-order chi connectivity index (χ1) is 5.90. The maximum atomic E-state index is 10.7. The number of hydrogen-bond donors (Lipinski definition) is 2. The summed E-state index contributed by atoms with van der Waals surface area (Å²) in [6.07, 6.45) is 0. The van der Waals surface area contributed by atoms with Crippen LogP contribution in [-0.4, -0.2) is 29.1 Å². The van der Waals surface area contributed by atoms with Crippen LogP contribution >= 0.6 is 11.8 Å². The van der Waals surface area contributed by atoms with E-state index in [1.807, 2.05) is 0 Å². The van der Waals surface area contributed by atoms with Gasteiger partial charge in [0.25, 0.3) is 0 Å². The molecule has 3 nitrogen and oxygen atoms in total. The highest BCUT2D eigenvalue weighted by molar-refractivity contribution is 7.99. The van der Waals surface area contributed by atoms with Gasteiger partial charge in [-0.25, -0.2) is 0 Å². The smallest absolute Gasteiger partial charge is 0.309 e. The minimum absolute atomic E-state index is 0.467. The fourth-order valence-electron chi connectivity index (χ4n) is 0.645. The molecule has 0 amide bonds. The van der Waals surface area contributed by atoms with Gasteiger partial charge in [-0.2, -0.15) is 11.8 Å². The van der Waals surface area contributed by atoms with Gasteiger partial charge in [0.05, 0.1) is 5.41 Å². The number of aliphatic carboxylic acids is 1. The van der Waals surface area contributed by atoms with Crippen molar-refractivity contribution in [3.05, 3.63) is 0 Å². The van der Waals surface area contributed by atoms with Gasteiger partial charge in [0.2, 0.25) is 0 Å². The summed E-state index contributed by atoms with van der Waals surface area (Å²) in [4.78, 5) is 10.7. The summed E-state index contributed by atoms with van der Waals surface area (Å²) in [5.41, 5.74) is 4.83. The van der Waals surface area contributed by atoms with Crippen LogP contribution in [0.2, 0.25) is 0 Å². The highest BCUT2D eigenvalue weighted by Crippen LogP contribution is 2.23. The van der Waals surface area contributed by atoms with Crippen LogP contribution in [0.4, 0.5) is 0 Å². The minimum Gasteiger partial charge on any atom is -0.481 e. The first-order valence-corrected chi connectivity index (χ1v) is 5.57. The maximum absolute atomic E-state index is 10.7. The number of hydrogen-bond acceptors (Lipinski definition) is 3. The Balaban J connectivity index is 3.70. The number of carbonyl (C=O) groups is 1. The fraction of sp³-hybridized carbons (Fsp3) is 0.889. The first-order valence-electron chi connectivity index (χ1n) is 4.41. The van der Waals surface area contributed by atoms with E-state index in [9.17, 15) is 4.79 Å². The van der Waals surface area contributed by atoms with Gasteiger partial charge in [0.1, 0.15) is 0 Å². The van der Waals surface area contributed by atoms with Crippen molar-refractivity contribution in [2.45, 2.75) is 20.8 Å². The van der Waals surface area contributed by atoms with Gasteiger partial charge in [-0.1, -0.05) is 6.92 Å². The largest absolute Gasteiger partial charge is 0.481 e. The molecule has 3 N–H and O–H groups in total. The Morgan fingerprint density at radius 3 is 2.54 bits per heavy atom. The van der Waals surface area contributed by atoms with Crippen LogP contribution in [0.25, 0.3) is 0 Å². The van der Waals surface area contributed by atoms with Crippen molar-refractivity contribution in [1.82, 2.24) is 0 Å². The second-order valence-corrected chi connectivity index (χ2v) is 5.08. The lowest BCUT2D eigenvalue weighted by Crippen LogP contribution is -2.27. The molecule has 0 rings (SSSR count). The van der Waals surface area contributed by atoms with Gasteiger partial charge in [0, 0.05) is 5.75 Å². The molecule has 1 unspecified atom stereocenters. The second kappa shape index (κ2) is 5.50. The zero-order chi connectivity index (χ0) is 10.5. The Morgan fingerprint density at radius 1 is 1.62 bits per heavy atom. The molecule has 1 atom stereocenters. The number of thioether (sulfide) groups is 1. The van der Waals surface area contributed by atoms with Crippen molar-refractivity contribution in [3.63, 3.8) is 0 Å². The molecule has 0 aliphatic heterocycles. The van der Waals surface area contributed by atoms with Crippen molar-refractivity contribution < 1.29 is 9.90 Å². The van der Waals surface area contributed by atoms with E-state index in [-0.39, 0.29) is 0 Å². The minimum atomic E-state index is -0.736. The third kappa shape index (κ3) is 5.16. The van der Waals surface area contributed by atoms with Crippen molar-refractivity contribution in [3.8, 4) is 0 Å². The molecule has 0 spiro atoms. The molecule has 0 heterocycles. The van der Waals surface area contributed by atoms with Gasteiger partial charge in [-0.05, 0) is 32.1 Å². The third-order valence-corrected chi connectivity index (χ3v) is 3.58. The lowest BCUT2D eigenvalue weighted by Gasteiger charge is -2.19. The normalized spacial score (nSPS) is 14.2. The van der Waals surface area contributed by atoms with Gasteiger partial charge in [-0.3, -0.25) is 4.79 Å². The monoisotopic (exact) mass is 205 g/mol. The molecule has 0 aromatic rings. The molecule has 0 saturated heterocycles. The predicted octanol–water partition coefficient (Wildman–Crippen LogP) is 1.43. The number of rotatable bonds is 6. The predicted molar refractivity (Wildman–Crippen MR) is 57.0 cm³/mol. The number of nitrogens with two attached hydrogens (primary N) is 1. The lowest BCUT2D eigenvalue weighted by atomic mass is 9.97. The zero-order valence-electron chi connectivity index (χ0n) is 8.54. The molecule has 0 aliphatic carbocycles. The molecule has 13 heavy (non-hydrogen) atoms. The SMILES string of the molecule is CC(CN)CSCC(C)(C)C(=O)O. The molecule has 0 radical (unpaired) electrons. The average molecular weight is 205 g/mol. The Hall–Kier alpha value is -0.220. The van der Waals surface area contributed by atoms with E-state index >= 15 is 0 Å². The summed E-state index contributed by atoms with van der Waals surface area (Å²) in [5, 5.41) is 8.83. The molecule has 0 aliphatic rings. The molecule has 0 aromatic carbocycles. The quantitative estimate of drug-likeness (QED) is 0.688. The summed E-state index contributed by atoms with van der Waals surface area (Å²) in [6, 6.07) is 0. The van der Waals surface area contributed by atoms with Crippen molar-refractivity contribution in [1.29, 1.82) is 0 Å². The van der Waals surface area contributed by atoms with E-state index in [0.717, 1.165) is 5.75 Å². The van der Waals surface area contributed by atoms with Crippen LogP contribution in [0.3, 0.4) is 0 Å². The van der Waals surface area contributed by atoms with Crippen LogP contribution < -0.4 is 5.73 Å². The number of carboxylic acid groups (broad SMARTS) is 1. The third-order valence-electron chi connectivity index (χ3n) is 1.85. The summed E-state index contributed by atoms with van der Waals surface area (Å²) >= 11 is 1.66. The number of carboxylic acids is 1. The summed E-state index contributed by atoms with van der Waals surface area (Å²) in [7, 11) is 0. The Labute approximate surface area is 84.1 Å². The van der Waals surface area contributed by atoms with E-state index in [1.54, 1.807) is 25.6 Å². The van der Waals surface area contributed by atoms with E-state index in [1.165, 1.54) is 0 Å². The van der Waals surface area contributed by atoms with Gasteiger partial charge < -0.3 is 10.8 Å². The van der Waals surface area contributed by atoms with Crippen molar-refractivity contribution >= 4 is 17.7 Å². The molecule has 78 valence electrons. The van der Waals surface area contributed by atoms with Crippen molar-refractivity contribution in [2.75, 3.05) is 18.1 Å². The molecule has 4 heteroatoms. The maximum Gasteiger partial charge on any atom is 0.309 e. The Bertz CT molecular complexity index is 171. The molecule has 0 saturated carbocycles. The summed E-state index contributed by atoms with van der Waals surface area (Å²) in [5.74, 6) is 1.31. The van der Waals surface area contributed by atoms with Crippen molar-refractivity contribution in [2.24, 2.45) is 17.1 Å². The highest BCUT2D eigenvalue weighted by Gasteiger charge is 2.26. The molecular formula is C9H19NO2S. The van der Waals surface area contributed by atoms with Gasteiger partial charge in [0.15, 0.2) is 0 Å². The van der Waals surface area contributed by atoms with E-state index < -0.39 is 11.4 Å². The van der Waals surface area contributed by atoms with E-state index in [2.05, 4.69) is 6.92 Å². The molecule has 0 aromatic heterocycles. The van der Waals surface area contributed by atoms with E-state index in [4.69, 9.17) is 10.8 Å². The van der Waals surface area contributed by atoms with E-state index in [0.29, 0.717) is 18.2 Å².